The van der Waals surface area contributed by atoms with Crippen LogP contribution in [-0.4, -0.2) is 25.7 Å². The standard InChI is InChI=1S/C15H24N2/c1-4-17(11-15-13(3)8-9-16-15)14-7-5-6-12(2)10-14/h5-7,10,13,15-16H,4,8-9,11H2,1-3H3. The minimum Gasteiger partial charge on any atom is -0.370 e. The Morgan fingerprint density at radius 3 is 2.82 bits per heavy atom. The zero-order valence-electron chi connectivity index (χ0n) is 11.2. The average Bonchev–Trinajstić information content (AvgIpc) is 2.71. The van der Waals surface area contributed by atoms with E-state index in [0.717, 1.165) is 19.0 Å². The van der Waals surface area contributed by atoms with Crippen molar-refractivity contribution in [3.63, 3.8) is 0 Å². The lowest BCUT2D eigenvalue weighted by molar-refractivity contribution is 0.477. The Labute approximate surface area is 105 Å². The Morgan fingerprint density at radius 1 is 1.41 bits per heavy atom. The van der Waals surface area contributed by atoms with Crippen LogP contribution in [0.3, 0.4) is 0 Å². The van der Waals surface area contributed by atoms with Gasteiger partial charge in [-0.05, 0) is 50.4 Å². The third kappa shape index (κ3) is 3.01. The fraction of sp³-hybridized carbons (Fsp3) is 0.600. The van der Waals surface area contributed by atoms with Crippen LogP contribution in [0.15, 0.2) is 24.3 Å². The first-order chi connectivity index (χ1) is 8.20. The van der Waals surface area contributed by atoms with Gasteiger partial charge in [0.1, 0.15) is 0 Å². The molecule has 0 amide bonds. The fourth-order valence-electron chi connectivity index (χ4n) is 2.62. The molecule has 0 radical (unpaired) electrons. The number of benzene rings is 1. The van der Waals surface area contributed by atoms with Crippen LogP contribution in [0.4, 0.5) is 5.69 Å². The molecule has 1 N–H and O–H groups in total. The summed E-state index contributed by atoms with van der Waals surface area (Å²) >= 11 is 0. The van der Waals surface area contributed by atoms with Crippen molar-refractivity contribution in [3.8, 4) is 0 Å². The van der Waals surface area contributed by atoms with E-state index in [1.165, 1.54) is 24.2 Å². The molecule has 1 heterocycles. The van der Waals surface area contributed by atoms with Crippen molar-refractivity contribution >= 4 is 5.69 Å². The van der Waals surface area contributed by atoms with Gasteiger partial charge in [-0.1, -0.05) is 19.1 Å². The number of hydrogen-bond donors (Lipinski definition) is 1. The highest BCUT2D eigenvalue weighted by molar-refractivity contribution is 5.48. The van der Waals surface area contributed by atoms with Crippen LogP contribution in [0.1, 0.15) is 25.8 Å². The van der Waals surface area contributed by atoms with Crippen molar-refractivity contribution in [2.24, 2.45) is 5.92 Å². The molecule has 2 unspecified atom stereocenters. The minimum absolute atomic E-state index is 0.649. The van der Waals surface area contributed by atoms with Crippen LogP contribution in [0.25, 0.3) is 0 Å². The molecule has 17 heavy (non-hydrogen) atoms. The lowest BCUT2D eigenvalue weighted by Crippen LogP contribution is -2.40. The van der Waals surface area contributed by atoms with Gasteiger partial charge in [0.2, 0.25) is 0 Å². The summed E-state index contributed by atoms with van der Waals surface area (Å²) in [6.07, 6.45) is 1.32. The first kappa shape index (κ1) is 12.4. The van der Waals surface area contributed by atoms with Crippen LogP contribution in [-0.2, 0) is 0 Å². The second-order valence-corrected chi connectivity index (χ2v) is 5.20. The van der Waals surface area contributed by atoms with Gasteiger partial charge >= 0.3 is 0 Å². The lowest BCUT2D eigenvalue weighted by Gasteiger charge is -2.28. The van der Waals surface area contributed by atoms with Gasteiger partial charge in [-0.2, -0.15) is 0 Å². The van der Waals surface area contributed by atoms with Crippen LogP contribution in [0.2, 0.25) is 0 Å². The normalized spacial score (nSPS) is 23.9. The first-order valence-corrected chi connectivity index (χ1v) is 6.75. The maximum absolute atomic E-state index is 3.61. The summed E-state index contributed by atoms with van der Waals surface area (Å²) < 4.78 is 0. The smallest absolute Gasteiger partial charge is 0.0369 e. The van der Waals surface area contributed by atoms with Gasteiger partial charge in [0.15, 0.2) is 0 Å². The average molecular weight is 232 g/mol. The van der Waals surface area contributed by atoms with E-state index < -0.39 is 0 Å². The molecular weight excluding hydrogens is 208 g/mol. The quantitative estimate of drug-likeness (QED) is 0.858. The van der Waals surface area contributed by atoms with E-state index in [9.17, 15) is 0 Å². The third-order valence-electron chi connectivity index (χ3n) is 3.86. The first-order valence-electron chi connectivity index (χ1n) is 6.75. The molecule has 0 aliphatic carbocycles. The molecule has 1 saturated heterocycles. The summed E-state index contributed by atoms with van der Waals surface area (Å²) in [7, 11) is 0. The van der Waals surface area contributed by atoms with E-state index in [2.05, 4.69) is 55.3 Å². The van der Waals surface area contributed by atoms with Crippen molar-refractivity contribution in [2.45, 2.75) is 33.2 Å². The molecule has 1 fully saturated rings. The van der Waals surface area contributed by atoms with E-state index >= 15 is 0 Å². The molecule has 0 spiro atoms. The van der Waals surface area contributed by atoms with Crippen molar-refractivity contribution < 1.29 is 0 Å². The summed E-state index contributed by atoms with van der Waals surface area (Å²) in [5, 5.41) is 3.61. The SMILES string of the molecule is CCN(CC1NCCC1C)c1cccc(C)c1. The predicted octanol–water partition coefficient (Wildman–Crippen LogP) is 2.82. The maximum Gasteiger partial charge on any atom is 0.0369 e. The predicted molar refractivity (Wildman–Crippen MR) is 74.6 cm³/mol. The van der Waals surface area contributed by atoms with Gasteiger partial charge in [0.05, 0.1) is 0 Å². The molecule has 1 aliphatic rings. The van der Waals surface area contributed by atoms with E-state index in [4.69, 9.17) is 0 Å². The number of nitrogens with one attached hydrogen (secondary N) is 1. The number of hydrogen-bond acceptors (Lipinski definition) is 2. The third-order valence-corrected chi connectivity index (χ3v) is 3.86. The molecule has 2 heteroatoms. The molecule has 2 rings (SSSR count). The summed E-state index contributed by atoms with van der Waals surface area (Å²) in [5.41, 5.74) is 2.70. The van der Waals surface area contributed by atoms with Crippen molar-refractivity contribution in [3.05, 3.63) is 29.8 Å². The topological polar surface area (TPSA) is 15.3 Å². The van der Waals surface area contributed by atoms with Crippen LogP contribution in [0.5, 0.6) is 0 Å². The molecule has 0 aromatic heterocycles. The largest absolute Gasteiger partial charge is 0.370 e. The van der Waals surface area contributed by atoms with Gasteiger partial charge in [-0.3, -0.25) is 0 Å². The monoisotopic (exact) mass is 232 g/mol. The lowest BCUT2D eigenvalue weighted by atomic mass is 10.0. The number of likely N-dealkylation sites (N-methyl/N-ethyl adjacent to an activating group) is 1. The molecular formula is C15H24N2. The Morgan fingerprint density at radius 2 is 2.24 bits per heavy atom. The van der Waals surface area contributed by atoms with Crippen molar-refractivity contribution in [1.82, 2.24) is 5.32 Å². The van der Waals surface area contributed by atoms with Crippen LogP contribution < -0.4 is 10.2 Å². The molecule has 0 bridgehead atoms. The van der Waals surface area contributed by atoms with E-state index in [1.807, 2.05) is 0 Å². The van der Waals surface area contributed by atoms with Crippen LogP contribution in [0, 0.1) is 12.8 Å². The summed E-state index contributed by atoms with van der Waals surface area (Å²) in [6.45, 7) is 10.1. The summed E-state index contributed by atoms with van der Waals surface area (Å²) in [5.74, 6) is 0.800. The van der Waals surface area contributed by atoms with Gasteiger partial charge < -0.3 is 10.2 Å². The molecule has 1 aliphatic heterocycles. The Hall–Kier alpha value is -1.02. The van der Waals surface area contributed by atoms with Gasteiger partial charge in [0, 0.05) is 24.8 Å². The molecule has 94 valence electrons. The van der Waals surface area contributed by atoms with Crippen molar-refractivity contribution in [1.29, 1.82) is 0 Å². The zero-order valence-corrected chi connectivity index (χ0v) is 11.2. The molecule has 2 atom stereocenters. The Balaban J connectivity index is 2.06. The molecule has 0 saturated carbocycles. The van der Waals surface area contributed by atoms with E-state index in [0.29, 0.717) is 6.04 Å². The Kier molecular flexibility index (Phi) is 4.06. The van der Waals surface area contributed by atoms with Gasteiger partial charge in [-0.25, -0.2) is 0 Å². The van der Waals surface area contributed by atoms with Crippen molar-refractivity contribution in [2.75, 3.05) is 24.5 Å². The summed E-state index contributed by atoms with van der Waals surface area (Å²) in [6, 6.07) is 9.46. The minimum atomic E-state index is 0.649. The van der Waals surface area contributed by atoms with E-state index in [1.54, 1.807) is 0 Å². The molecule has 2 nitrogen and oxygen atoms in total. The second kappa shape index (κ2) is 5.54. The van der Waals surface area contributed by atoms with Gasteiger partial charge in [-0.15, -0.1) is 0 Å². The second-order valence-electron chi connectivity index (χ2n) is 5.20. The van der Waals surface area contributed by atoms with Gasteiger partial charge in [0.25, 0.3) is 0 Å². The highest BCUT2D eigenvalue weighted by atomic mass is 15.2. The fourth-order valence-corrected chi connectivity index (χ4v) is 2.62. The highest BCUT2D eigenvalue weighted by Crippen LogP contribution is 2.20. The highest BCUT2D eigenvalue weighted by Gasteiger charge is 2.24. The molecule has 1 aromatic carbocycles. The number of rotatable bonds is 4. The number of nitrogens with zero attached hydrogens (tertiary/aromatic N) is 1. The van der Waals surface area contributed by atoms with E-state index in [-0.39, 0.29) is 0 Å². The Bertz CT molecular complexity index is 362. The number of anilines is 1. The molecule has 1 aromatic rings. The number of aryl methyl sites for hydroxylation is 1. The maximum atomic E-state index is 3.61. The summed E-state index contributed by atoms with van der Waals surface area (Å²) in [4.78, 5) is 2.48. The van der Waals surface area contributed by atoms with Crippen LogP contribution >= 0.6 is 0 Å². The zero-order chi connectivity index (χ0) is 12.3.